The van der Waals surface area contributed by atoms with Gasteiger partial charge in [0.15, 0.2) is 0 Å². The van der Waals surface area contributed by atoms with Gasteiger partial charge in [0.05, 0.1) is 38.8 Å². The predicted molar refractivity (Wildman–Crippen MR) is 466 cm³/mol. The fourth-order valence-electron chi connectivity index (χ4n) is 15.3. The van der Waals surface area contributed by atoms with Crippen LogP contribution in [0.5, 0.6) is 5.75 Å². The molecular weight excluding hydrogens is 1700 g/mol. The monoisotopic (exact) mass is 1820 g/mol. The fraction of sp³-hybridized carbons (Fsp3) is 0.552. The van der Waals surface area contributed by atoms with Crippen molar-refractivity contribution in [1.29, 1.82) is 0 Å². The summed E-state index contributed by atoms with van der Waals surface area (Å²) < 4.78 is 0. The van der Waals surface area contributed by atoms with Crippen molar-refractivity contribution in [3.05, 3.63) is 102 Å². The highest BCUT2D eigenvalue weighted by Crippen LogP contribution is 2.27. The predicted octanol–water partition coefficient (Wildman–Crippen LogP) is -4.38. The molecule has 3 aliphatic rings. The van der Waals surface area contributed by atoms with Crippen molar-refractivity contribution >= 4 is 123 Å². The van der Waals surface area contributed by atoms with Crippen molar-refractivity contribution in [3.8, 4) is 5.75 Å². The number of carboxylic acids is 2. The molecule has 16 unspecified atom stereocenters. The second-order valence-corrected chi connectivity index (χ2v) is 34.0. The summed E-state index contributed by atoms with van der Waals surface area (Å²) in [6, 6.07) is -0.926. The van der Waals surface area contributed by atoms with Crippen LogP contribution < -0.4 is 80.2 Å². The van der Waals surface area contributed by atoms with Crippen LogP contribution in [0.15, 0.2) is 85.1 Å². The highest BCUT2D eigenvalue weighted by molar-refractivity contribution is 6.02. The molecule has 0 bridgehead atoms. The molecule has 0 radical (unpaired) electrons. The molecule has 4 heterocycles. The highest BCUT2D eigenvalue weighted by Gasteiger charge is 2.45. The van der Waals surface area contributed by atoms with Gasteiger partial charge >= 0.3 is 11.9 Å². The molecule has 0 aliphatic carbocycles. The number of para-hydroxylation sites is 1. The number of aromatic amines is 1. The number of phenolic OH excluding ortho intramolecular Hbond substituents is 1. The van der Waals surface area contributed by atoms with Crippen molar-refractivity contribution in [3.63, 3.8) is 0 Å². The van der Waals surface area contributed by atoms with Crippen LogP contribution in [0.25, 0.3) is 10.9 Å². The van der Waals surface area contributed by atoms with Crippen molar-refractivity contribution < 1.29 is 117 Å². The first kappa shape index (κ1) is 104. The Bertz CT molecular complexity index is 4720. The normalized spacial score (nSPS) is 17.8. The fourth-order valence-corrected chi connectivity index (χ4v) is 15.3. The quantitative estimate of drug-likeness (QED) is 0.0199. The third-order valence-corrected chi connectivity index (χ3v) is 22.3. The van der Waals surface area contributed by atoms with Gasteiger partial charge in [-0.3, -0.25) is 86.3 Å². The van der Waals surface area contributed by atoms with E-state index >= 15 is 0 Å². The van der Waals surface area contributed by atoms with Gasteiger partial charge in [-0.05, 0) is 138 Å². The van der Waals surface area contributed by atoms with Crippen LogP contribution in [0.3, 0.4) is 0 Å². The molecule has 1 aromatic heterocycles. The third kappa shape index (κ3) is 30.5. The number of nitrogens with one attached hydrogen (secondary N) is 15. The number of rotatable bonds is 47. The van der Waals surface area contributed by atoms with E-state index in [1.165, 1.54) is 66.7 Å². The van der Waals surface area contributed by atoms with Crippen LogP contribution >= 0.6 is 0 Å². The molecule has 0 spiro atoms. The number of phenols is 1. The minimum Gasteiger partial charge on any atom is -0.508 e. The number of nitrogens with zero attached hydrogens (tertiary/aromatic N) is 3. The summed E-state index contributed by atoms with van der Waals surface area (Å²) in [6.45, 7) is 12.1. The topological polar surface area (TPSA) is 645 Å². The first-order chi connectivity index (χ1) is 61.5. The number of hydrogen-bond acceptors (Lipinski definition) is 23. The molecule has 7 rings (SSSR count). The molecule has 0 saturated carbocycles. The first-order valence-corrected chi connectivity index (χ1v) is 43.4. The van der Waals surface area contributed by atoms with E-state index in [-0.39, 0.29) is 88.6 Å². The maximum absolute atomic E-state index is 14.5. The van der Waals surface area contributed by atoms with Crippen molar-refractivity contribution in [1.82, 2.24) is 94.1 Å². The van der Waals surface area contributed by atoms with Gasteiger partial charge in [-0.15, -0.1) is 0 Å². The molecule has 17 amide bonds. The van der Waals surface area contributed by atoms with E-state index in [0.29, 0.717) is 30.4 Å². The average Bonchev–Trinajstić information content (AvgIpc) is 1.64. The van der Waals surface area contributed by atoms with Gasteiger partial charge in [0.25, 0.3) is 0 Å². The van der Waals surface area contributed by atoms with Gasteiger partial charge in [-0.1, -0.05) is 102 Å². The Morgan fingerprint density at radius 2 is 0.854 bits per heavy atom. The van der Waals surface area contributed by atoms with Crippen LogP contribution in [-0.4, -0.2) is 300 Å². The number of hydrogen-bond donors (Lipinski definition) is 21. The highest BCUT2D eigenvalue weighted by atomic mass is 16.4. The van der Waals surface area contributed by atoms with Crippen LogP contribution in [0.4, 0.5) is 0 Å². The number of aliphatic carboxylic acids is 2. The number of nitrogens with two attached hydrogens (primary N) is 1. The van der Waals surface area contributed by atoms with E-state index in [9.17, 15) is 117 Å². The summed E-state index contributed by atoms with van der Waals surface area (Å²) in [6.07, 6.45) is 1.94. The third-order valence-electron chi connectivity index (χ3n) is 22.3. The number of H-pyrrole nitrogens is 1. The van der Waals surface area contributed by atoms with Gasteiger partial charge in [0.2, 0.25) is 100 Å². The summed E-state index contributed by atoms with van der Waals surface area (Å²) >= 11 is 0. The standard InChI is InChI=1S/C87H123N19O24/c1-44(2)33-58(100-83(125)71(46(5)6)103-82(124)66-24-17-30-104(66)84(126)49(9)94-74(116)56(88)37-53-39-89-57-22-15-14-21-55(53)57)77(119)99-61(38-70(112)113)78(120)98-60(35-51-19-12-11-13-20-51)76(118)95-50(10)85(127)106-32-18-25-67(106)86(128)105-31-16-23-65(105)81(123)91-40-68(110)92-47(7)72(114)102-64(43-108)79(121)93-48(8)73(115)97-59(36-52-26-28-54(109)29-27-52)75(117)90-41-69(111)96-63(42-107)80(122)101-62(87(129)130)34-45(3)4/h11-15,19-22,26-29,39,44-50,56,58-67,71,89,107-109H,16-18,23-25,30-38,40-43,88H2,1-10H3,(H,90,117)(H,91,123)(H,92,110)(H,93,121)(H,94,116)(H,95,118)(H,96,111)(H,97,115)(H,98,120)(H,99,119)(H,100,125)(H,101,122)(H,102,114)(H,103,124)(H,112,113)(H,129,130). The molecule has 3 saturated heterocycles. The van der Waals surface area contributed by atoms with E-state index in [0.717, 1.165) is 16.5 Å². The molecular formula is C87H123N19O24. The van der Waals surface area contributed by atoms with E-state index in [4.69, 9.17) is 5.73 Å². The summed E-state index contributed by atoms with van der Waals surface area (Å²) in [5, 5.41) is 84.7. The number of fused-ring (bicyclic) bond motifs is 1. The maximum atomic E-state index is 14.5. The number of amides is 17. The number of carbonyl (C=O) groups is 19. The summed E-state index contributed by atoms with van der Waals surface area (Å²) in [4.78, 5) is 266. The van der Waals surface area contributed by atoms with Gasteiger partial charge < -0.3 is 125 Å². The molecule has 22 N–H and O–H groups in total. The number of likely N-dealkylation sites (tertiary alicyclic amines) is 3. The van der Waals surface area contributed by atoms with Crippen molar-refractivity contribution in [2.24, 2.45) is 23.5 Å². The van der Waals surface area contributed by atoms with Crippen LogP contribution in [0.1, 0.15) is 144 Å². The second-order valence-electron chi connectivity index (χ2n) is 34.0. The number of aromatic hydroxyl groups is 1. The summed E-state index contributed by atoms with van der Waals surface area (Å²) in [7, 11) is 0. The zero-order valence-electron chi connectivity index (χ0n) is 74.4. The Balaban J connectivity index is 0.897. The molecule has 710 valence electrons. The number of aliphatic hydroxyl groups is 2. The lowest BCUT2D eigenvalue weighted by Gasteiger charge is -2.32. The van der Waals surface area contributed by atoms with E-state index in [2.05, 4.69) is 79.4 Å². The lowest BCUT2D eigenvalue weighted by molar-refractivity contribution is -0.147. The lowest BCUT2D eigenvalue weighted by Crippen LogP contribution is -2.61. The first-order valence-electron chi connectivity index (χ1n) is 43.4. The largest absolute Gasteiger partial charge is 0.508 e. The molecule has 4 aromatic rings. The number of aromatic nitrogens is 1. The van der Waals surface area contributed by atoms with Gasteiger partial charge in [0, 0.05) is 49.6 Å². The van der Waals surface area contributed by atoms with E-state index in [1.807, 2.05) is 24.3 Å². The molecule has 16 atom stereocenters. The van der Waals surface area contributed by atoms with Gasteiger partial charge in [0.1, 0.15) is 96.4 Å². The van der Waals surface area contributed by atoms with Crippen molar-refractivity contribution in [2.45, 2.75) is 243 Å². The van der Waals surface area contributed by atoms with Gasteiger partial charge in [-0.2, -0.15) is 0 Å². The molecule has 130 heavy (non-hydrogen) atoms. The van der Waals surface area contributed by atoms with Gasteiger partial charge in [-0.25, -0.2) is 4.79 Å². The average molecular weight is 1820 g/mol. The Kier molecular flexibility index (Phi) is 39.5. The number of carboxylic acid groups (broad SMARTS) is 2. The number of carbonyl (C=O) groups excluding carboxylic acids is 17. The Labute approximate surface area is 750 Å². The lowest BCUT2D eigenvalue weighted by atomic mass is 9.99. The Morgan fingerprint density at radius 3 is 1.44 bits per heavy atom. The molecule has 3 aliphatic heterocycles. The Hall–Kier alpha value is -13.2. The van der Waals surface area contributed by atoms with E-state index in [1.54, 1.807) is 78.1 Å². The van der Waals surface area contributed by atoms with Crippen LogP contribution in [-0.2, 0) is 110 Å². The minimum atomic E-state index is -1.89. The van der Waals surface area contributed by atoms with Crippen LogP contribution in [0.2, 0.25) is 0 Å². The Morgan fingerprint density at radius 1 is 0.415 bits per heavy atom. The number of aliphatic hydroxyl groups excluding tert-OH is 2. The SMILES string of the molecule is CC(C)CC(NC(=O)C(CO)NC(=O)CNC(=O)C(Cc1ccc(O)cc1)NC(=O)C(C)NC(=O)C(CO)NC(=O)C(C)NC(=O)CNC(=O)C1CCCN1C(=O)C1CCCN1C(=O)C(C)NC(=O)C(Cc1ccccc1)NC(=O)C(CC(=O)O)NC(=O)C(CC(C)C)NC(=O)C(NC(=O)C1CCCN1C(=O)C(C)NC(=O)C(N)Cc1c[nH]c2ccccc12)C(C)C)C(=O)O. The molecule has 43 heteroatoms. The second kappa shape index (κ2) is 49.4. The zero-order chi connectivity index (χ0) is 96.1. The maximum Gasteiger partial charge on any atom is 0.326 e. The van der Waals surface area contributed by atoms with Crippen LogP contribution in [0, 0.1) is 17.8 Å². The minimum absolute atomic E-state index is 0.0349. The summed E-state index contributed by atoms with van der Waals surface area (Å²) in [5.74, 6) is -19.0. The number of benzene rings is 3. The molecule has 3 aromatic carbocycles. The molecule has 43 nitrogen and oxygen atoms in total. The van der Waals surface area contributed by atoms with E-state index < -0.39 is 248 Å². The molecule has 3 fully saturated rings. The smallest absolute Gasteiger partial charge is 0.326 e. The zero-order valence-corrected chi connectivity index (χ0v) is 74.4. The van der Waals surface area contributed by atoms with Crippen molar-refractivity contribution in [2.75, 3.05) is 45.9 Å². The summed E-state index contributed by atoms with van der Waals surface area (Å²) in [5.41, 5.74) is 8.87.